The summed E-state index contributed by atoms with van der Waals surface area (Å²) in [6, 6.07) is 7.10. The number of piperidine rings is 1. The van der Waals surface area contributed by atoms with Gasteiger partial charge < -0.3 is 15.7 Å². The summed E-state index contributed by atoms with van der Waals surface area (Å²) in [5.74, 6) is 0.251. The highest BCUT2D eigenvalue weighted by Crippen LogP contribution is 2.29. The second kappa shape index (κ2) is 6.27. The topological polar surface area (TPSA) is 61.4 Å². The molecule has 1 aliphatic heterocycles. The monoisotopic (exact) mass is 276 g/mol. The van der Waals surface area contributed by atoms with Crippen LogP contribution in [-0.2, 0) is 11.2 Å². The second-order valence-corrected chi connectivity index (χ2v) is 6.25. The van der Waals surface area contributed by atoms with Crippen molar-refractivity contribution < 1.29 is 9.90 Å². The number of phenols is 1. The Morgan fingerprint density at radius 1 is 1.40 bits per heavy atom. The maximum absolute atomic E-state index is 11.9. The predicted molar refractivity (Wildman–Crippen MR) is 79.6 cm³/mol. The minimum absolute atomic E-state index is 0.0267. The standard InChI is InChI=1S/C16H24N2O2/c1-16(2)8-3-9-17-14(16)11-18-15(20)10-12-4-6-13(19)7-5-12/h4-7,14,17,19H,3,8-11H2,1-2H3,(H,18,20). The zero-order valence-corrected chi connectivity index (χ0v) is 12.3. The molecule has 1 amide bonds. The number of carbonyl (C=O) groups excluding carboxylic acids is 1. The molecular weight excluding hydrogens is 252 g/mol. The van der Waals surface area contributed by atoms with Gasteiger partial charge in [-0.05, 0) is 42.5 Å². The van der Waals surface area contributed by atoms with Crippen molar-refractivity contribution in [2.75, 3.05) is 13.1 Å². The third-order valence-corrected chi connectivity index (χ3v) is 4.14. The van der Waals surface area contributed by atoms with Crippen LogP contribution in [0.1, 0.15) is 32.3 Å². The Labute approximate surface area is 120 Å². The van der Waals surface area contributed by atoms with Crippen LogP contribution in [0.15, 0.2) is 24.3 Å². The lowest BCUT2D eigenvalue weighted by Crippen LogP contribution is -2.52. The van der Waals surface area contributed by atoms with Crippen molar-refractivity contribution in [2.24, 2.45) is 5.41 Å². The van der Waals surface area contributed by atoms with Gasteiger partial charge in [-0.2, -0.15) is 0 Å². The van der Waals surface area contributed by atoms with Crippen LogP contribution in [0.4, 0.5) is 0 Å². The van der Waals surface area contributed by atoms with E-state index < -0.39 is 0 Å². The maximum atomic E-state index is 11.9. The number of carbonyl (C=O) groups is 1. The van der Waals surface area contributed by atoms with Crippen LogP contribution in [0.2, 0.25) is 0 Å². The molecule has 1 atom stereocenters. The lowest BCUT2D eigenvalue weighted by atomic mass is 9.77. The van der Waals surface area contributed by atoms with E-state index in [-0.39, 0.29) is 17.1 Å². The Balaban J connectivity index is 1.81. The van der Waals surface area contributed by atoms with E-state index in [9.17, 15) is 9.90 Å². The molecule has 4 heteroatoms. The van der Waals surface area contributed by atoms with Crippen molar-refractivity contribution >= 4 is 5.91 Å². The first-order valence-corrected chi connectivity index (χ1v) is 7.25. The highest BCUT2D eigenvalue weighted by atomic mass is 16.3. The van der Waals surface area contributed by atoms with Gasteiger partial charge in [-0.15, -0.1) is 0 Å². The molecular formula is C16H24N2O2. The van der Waals surface area contributed by atoms with E-state index in [0.29, 0.717) is 19.0 Å². The minimum atomic E-state index is 0.0267. The first-order valence-electron chi connectivity index (χ1n) is 7.25. The number of rotatable bonds is 4. The lowest BCUT2D eigenvalue weighted by Gasteiger charge is -2.39. The maximum Gasteiger partial charge on any atom is 0.224 e. The van der Waals surface area contributed by atoms with E-state index in [1.54, 1.807) is 24.3 Å². The normalized spacial score (nSPS) is 21.4. The van der Waals surface area contributed by atoms with Crippen LogP contribution in [0.25, 0.3) is 0 Å². The molecule has 0 saturated carbocycles. The van der Waals surface area contributed by atoms with E-state index in [2.05, 4.69) is 24.5 Å². The summed E-state index contributed by atoms with van der Waals surface area (Å²) in [7, 11) is 0. The van der Waals surface area contributed by atoms with Crippen LogP contribution < -0.4 is 10.6 Å². The van der Waals surface area contributed by atoms with Crippen LogP contribution in [0.5, 0.6) is 5.75 Å². The van der Waals surface area contributed by atoms with Gasteiger partial charge in [0.25, 0.3) is 0 Å². The minimum Gasteiger partial charge on any atom is -0.508 e. The smallest absolute Gasteiger partial charge is 0.224 e. The third-order valence-electron chi connectivity index (χ3n) is 4.14. The van der Waals surface area contributed by atoms with Crippen LogP contribution in [-0.4, -0.2) is 30.1 Å². The van der Waals surface area contributed by atoms with Crippen molar-refractivity contribution in [3.8, 4) is 5.75 Å². The van der Waals surface area contributed by atoms with Crippen LogP contribution in [0.3, 0.4) is 0 Å². The summed E-state index contributed by atoms with van der Waals surface area (Å²) in [5, 5.41) is 15.7. The van der Waals surface area contributed by atoms with Crippen molar-refractivity contribution in [1.29, 1.82) is 0 Å². The van der Waals surface area contributed by atoms with E-state index >= 15 is 0 Å². The van der Waals surface area contributed by atoms with Gasteiger partial charge in [0.15, 0.2) is 0 Å². The number of hydrogen-bond acceptors (Lipinski definition) is 3. The quantitative estimate of drug-likeness (QED) is 0.786. The molecule has 20 heavy (non-hydrogen) atoms. The number of phenolic OH excluding ortho intramolecular Hbond substituents is 1. The number of hydrogen-bond donors (Lipinski definition) is 3. The van der Waals surface area contributed by atoms with E-state index in [1.807, 2.05) is 0 Å². The van der Waals surface area contributed by atoms with Crippen molar-refractivity contribution in [3.05, 3.63) is 29.8 Å². The number of benzene rings is 1. The summed E-state index contributed by atoms with van der Waals surface area (Å²) in [6.45, 7) is 6.19. The summed E-state index contributed by atoms with van der Waals surface area (Å²) in [6.07, 6.45) is 2.75. The molecule has 1 unspecified atom stereocenters. The molecule has 1 aromatic carbocycles. The molecule has 0 bridgehead atoms. The van der Waals surface area contributed by atoms with Crippen molar-refractivity contribution in [2.45, 2.75) is 39.2 Å². The SMILES string of the molecule is CC1(C)CCCNC1CNC(=O)Cc1ccc(O)cc1. The zero-order chi connectivity index (χ0) is 14.6. The molecule has 1 aliphatic rings. The molecule has 0 spiro atoms. The zero-order valence-electron chi connectivity index (χ0n) is 12.3. The molecule has 3 N–H and O–H groups in total. The van der Waals surface area contributed by atoms with E-state index in [4.69, 9.17) is 0 Å². The number of aromatic hydroxyl groups is 1. The molecule has 1 aromatic rings. The Hall–Kier alpha value is -1.55. The fourth-order valence-electron chi connectivity index (χ4n) is 2.70. The summed E-state index contributed by atoms with van der Waals surface area (Å²) in [4.78, 5) is 11.9. The summed E-state index contributed by atoms with van der Waals surface area (Å²) < 4.78 is 0. The Bertz CT molecular complexity index is 454. The molecule has 0 aliphatic carbocycles. The molecule has 0 aromatic heterocycles. The first kappa shape index (κ1) is 14.9. The third kappa shape index (κ3) is 3.97. The molecule has 2 rings (SSSR count). The van der Waals surface area contributed by atoms with Gasteiger partial charge >= 0.3 is 0 Å². The Kier molecular flexibility index (Phi) is 4.65. The second-order valence-electron chi connectivity index (χ2n) is 6.25. The predicted octanol–water partition coefficient (Wildman–Crippen LogP) is 1.83. The highest BCUT2D eigenvalue weighted by Gasteiger charge is 2.31. The fourth-order valence-corrected chi connectivity index (χ4v) is 2.70. The van der Waals surface area contributed by atoms with Gasteiger partial charge in [0.2, 0.25) is 5.91 Å². The Morgan fingerprint density at radius 3 is 2.75 bits per heavy atom. The average molecular weight is 276 g/mol. The van der Waals surface area contributed by atoms with Crippen LogP contribution >= 0.6 is 0 Å². The molecule has 110 valence electrons. The number of nitrogens with one attached hydrogen (secondary N) is 2. The van der Waals surface area contributed by atoms with Gasteiger partial charge in [0.05, 0.1) is 6.42 Å². The van der Waals surface area contributed by atoms with Gasteiger partial charge in [-0.3, -0.25) is 4.79 Å². The molecule has 1 saturated heterocycles. The van der Waals surface area contributed by atoms with Gasteiger partial charge in [-0.25, -0.2) is 0 Å². The van der Waals surface area contributed by atoms with Crippen molar-refractivity contribution in [1.82, 2.24) is 10.6 Å². The molecule has 1 fully saturated rings. The lowest BCUT2D eigenvalue weighted by molar-refractivity contribution is -0.120. The fraction of sp³-hybridized carbons (Fsp3) is 0.562. The van der Waals surface area contributed by atoms with Crippen molar-refractivity contribution in [3.63, 3.8) is 0 Å². The van der Waals surface area contributed by atoms with Crippen LogP contribution in [0, 0.1) is 5.41 Å². The summed E-state index contributed by atoms with van der Waals surface area (Å²) in [5.41, 5.74) is 1.14. The Morgan fingerprint density at radius 2 is 2.10 bits per heavy atom. The van der Waals surface area contributed by atoms with E-state index in [0.717, 1.165) is 12.1 Å². The molecule has 4 nitrogen and oxygen atoms in total. The first-order chi connectivity index (χ1) is 9.47. The average Bonchev–Trinajstić information content (AvgIpc) is 2.40. The largest absolute Gasteiger partial charge is 0.508 e. The highest BCUT2D eigenvalue weighted by molar-refractivity contribution is 5.78. The van der Waals surface area contributed by atoms with Gasteiger partial charge in [0.1, 0.15) is 5.75 Å². The number of amides is 1. The molecule has 0 radical (unpaired) electrons. The van der Waals surface area contributed by atoms with Gasteiger partial charge in [-0.1, -0.05) is 26.0 Å². The summed E-state index contributed by atoms with van der Waals surface area (Å²) >= 11 is 0. The van der Waals surface area contributed by atoms with Gasteiger partial charge in [0, 0.05) is 12.6 Å². The van der Waals surface area contributed by atoms with E-state index in [1.165, 1.54) is 12.8 Å². The molecule has 1 heterocycles.